The van der Waals surface area contributed by atoms with E-state index in [0.717, 1.165) is 18.2 Å². The number of rotatable bonds is 2. The zero-order valence-corrected chi connectivity index (χ0v) is 10.2. The normalized spacial score (nSPS) is 18.9. The SMILES string of the molecule is Cl.O=C(Nc1cc(F)cc(F)c1)C1COCCN1. The van der Waals surface area contributed by atoms with E-state index in [-0.39, 0.29) is 30.6 Å². The Morgan fingerprint density at radius 3 is 2.56 bits per heavy atom. The molecule has 1 aliphatic rings. The van der Waals surface area contributed by atoms with Crippen molar-refractivity contribution in [1.29, 1.82) is 0 Å². The Kier molecular flexibility index (Phi) is 5.46. The highest BCUT2D eigenvalue weighted by Gasteiger charge is 2.21. The second-order valence-corrected chi connectivity index (χ2v) is 3.73. The molecule has 1 aromatic rings. The topological polar surface area (TPSA) is 50.4 Å². The summed E-state index contributed by atoms with van der Waals surface area (Å²) >= 11 is 0. The molecular formula is C11H13ClF2N2O2. The van der Waals surface area contributed by atoms with Gasteiger partial charge in [0.05, 0.1) is 13.2 Å². The lowest BCUT2D eigenvalue weighted by molar-refractivity contribution is -0.120. The van der Waals surface area contributed by atoms with Crippen molar-refractivity contribution in [2.75, 3.05) is 25.1 Å². The Morgan fingerprint density at radius 2 is 2.00 bits per heavy atom. The molecule has 100 valence electrons. The van der Waals surface area contributed by atoms with E-state index in [0.29, 0.717) is 13.2 Å². The minimum absolute atomic E-state index is 0. The van der Waals surface area contributed by atoms with Gasteiger partial charge in [0.15, 0.2) is 0 Å². The van der Waals surface area contributed by atoms with Gasteiger partial charge in [-0.2, -0.15) is 0 Å². The molecule has 0 spiro atoms. The van der Waals surface area contributed by atoms with Crippen molar-refractivity contribution >= 4 is 24.0 Å². The summed E-state index contributed by atoms with van der Waals surface area (Å²) in [7, 11) is 0. The van der Waals surface area contributed by atoms with E-state index < -0.39 is 17.7 Å². The van der Waals surface area contributed by atoms with Crippen molar-refractivity contribution in [1.82, 2.24) is 5.32 Å². The lowest BCUT2D eigenvalue weighted by Gasteiger charge is -2.22. The summed E-state index contributed by atoms with van der Waals surface area (Å²) in [5.74, 6) is -1.82. The van der Waals surface area contributed by atoms with Crippen LogP contribution in [0, 0.1) is 11.6 Å². The average molecular weight is 279 g/mol. The van der Waals surface area contributed by atoms with Gasteiger partial charge < -0.3 is 15.4 Å². The van der Waals surface area contributed by atoms with Gasteiger partial charge in [-0.05, 0) is 12.1 Å². The van der Waals surface area contributed by atoms with Crippen molar-refractivity contribution in [3.05, 3.63) is 29.8 Å². The minimum Gasteiger partial charge on any atom is -0.378 e. The summed E-state index contributed by atoms with van der Waals surface area (Å²) in [6.07, 6.45) is 0. The predicted octanol–water partition coefficient (Wildman–Crippen LogP) is 1.31. The molecule has 4 nitrogen and oxygen atoms in total. The van der Waals surface area contributed by atoms with E-state index in [2.05, 4.69) is 10.6 Å². The lowest BCUT2D eigenvalue weighted by Crippen LogP contribution is -2.48. The van der Waals surface area contributed by atoms with E-state index in [1.165, 1.54) is 0 Å². The fraction of sp³-hybridized carbons (Fsp3) is 0.364. The van der Waals surface area contributed by atoms with Crippen molar-refractivity contribution in [3.8, 4) is 0 Å². The predicted molar refractivity (Wildman–Crippen MR) is 64.8 cm³/mol. The van der Waals surface area contributed by atoms with Gasteiger partial charge in [0.2, 0.25) is 5.91 Å². The number of ether oxygens (including phenoxy) is 1. The summed E-state index contributed by atoms with van der Waals surface area (Å²) in [4.78, 5) is 11.7. The summed E-state index contributed by atoms with van der Waals surface area (Å²) < 4.78 is 30.9. The maximum atomic E-state index is 12.9. The van der Waals surface area contributed by atoms with Gasteiger partial charge in [0.25, 0.3) is 0 Å². The van der Waals surface area contributed by atoms with Crippen LogP contribution in [0.4, 0.5) is 14.5 Å². The smallest absolute Gasteiger partial charge is 0.243 e. The lowest BCUT2D eigenvalue weighted by atomic mass is 10.2. The van der Waals surface area contributed by atoms with Gasteiger partial charge in [0, 0.05) is 18.3 Å². The average Bonchev–Trinajstić information content (AvgIpc) is 2.28. The monoisotopic (exact) mass is 278 g/mol. The molecule has 0 radical (unpaired) electrons. The maximum Gasteiger partial charge on any atom is 0.243 e. The fourth-order valence-corrected chi connectivity index (χ4v) is 1.59. The van der Waals surface area contributed by atoms with Gasteiger partial charge >= 0.3 is 0 Å². The number of hydrogen-bond donors (Lipinski definition) is 2. The molecule has 1 amide bonds. The van der Waals surface area contributed by atoms with Crippen LogP contribution in [-0.4, -0.2) is 31.7 Å². The largest absolute Gasteiger partial charge is 0.378 e. The molecule has 1 fully saturated rings. The van der Waals surface area contributed by atoms with Crippen molar-refractivity contribution in [3.63, 3.8) is 0 Å². The Bertz CT molecular complexity index is 405. The molecule has 0 aliphatic carbocycles. The van der Waals surface area contributed by atoms with Crippen molar-refractivity contribution in [2.45, 2.75) is 6.04 Å². The number of anilines is 1. The van der Waals surface area contributed by atoms with Gasteiger partial charge in [-0.1, -0.05) is 0 Å². The number of nitrogens with one attached hydrogen (secondary N) is 2. The first kappa shape index (κ1) is 14.8. The van der Waals surface area contributed by atoms with Crippen LogP contribution in [-0.2, 0) is 9.53 Å². The van der Waals surface area contributed by atoms with Crippen LogP contribution in [0.1, 0.15) is 0 Å². The molecule has 0 aromatic heterocycles. The molecular weight excluding hydrogens is 266 g/mol. The minimum atomic E-state index is -0.729. The summed E-state index contributed by atoms with van der Waals surface area (Å²) in [6.45, 7) is 1.39. The van der Waals surface area contributed by atoms with Crippen LogP contribution in [0.5, 0.6) is 0 Å². The molecule has 0 saturated carbocycles. The molecule has 0 bridgehead atoms. The van der Waals surface area contributed by atoms with Crippen molar-refractivity contribution in [2.24, 2.45) is 0 Å². The van der Waals surface area contributed by atoms with Crippen molar-refractivity contribution < 1.29 is 18.3 Å². The number of halogens is 3. The van der Waals surface area contributed by atoms with E-state index in [1.54, 1.807) is 0 Å². The maximum absolute atomic E-state index is 12.9. The van der Waals surface area contributed by atoms with Gasteiger partial charge in [-0.3, -0.25) is 4.79 Å². The molecule has 1 atom stereocenters. The van der Waals surface area contributed by atoms with Crippen LogP contribution < -0.4 is 10.6 Å². The van der Waals surface area contributed by atoms with Crippen LogP contribution in [0.25, 0.3) is 0 Å². The number of carbonyl (C=O) groups excluding carboxylic acids is 1. The Hall–Kier alpha value is -1.24. The number of amides is 1. The molecule has 1 unspecified atom stereocenters. The number of hydrogen-bond acceptors (Lipinski definition) is 3. The third kappa shape index (κ3) is 3.90. The third-order valence-electron chi connectivity index (χ3n) is 2.37. The van der Waals surface area contributed by atoms with E-state index in [1.807, 2.05) is 0 Å². The molecule has 1 aromatic carbocycles. The second kappa shape index (κ2) is 6.63. The Morgan fingerprint density at radius 1 is 1.33 bits per heavy atom. The Balaban J connectivity index is 0.00000162. The molecule has 1 saturated heterocycles. The van der Waals surface area contributed by atoms with Crippen LogP contribution in [0.3, 0.4) is 0 Å². The molecule has 2 rings (SSSR count). The van der Waals surface area contributed by atoms with Gasteiger partial charge in [-0.15, -0.1) is 12.4 Å². The highest BCUT2D eigenvalue weighted by Crippen LogP contribution is 2.13. The zero-order valence-electron chi connectivity index (χ0n) is 9.41. The highest BCUT2D eigenvalue weighted by atomic mass is 35.5. The van der Waals surface area contributed by atoms with Crippen LogP contribution >= 0.6 is 12.4 Å². The third-order valence-corrected chi connectivity index (χ3v) is 2.37. The van der Waals surface area contributed by atoms with E-state index in [9.17, 15) is 13.6 Å². The highest BCUT2D eigenvalue weighted by molar-refractivity contribution is 5.95. The summed E-state index contributed by atoms with van der Waals surface area (Å²) in [6, 6.07) is 2.38. The molecule has 18 heavy (non-hydrogen) atoms. The number of benzene rings is 1. The van der Waals surface area contributed by atoms with Crippen LogP contribution in [0.15, 0.2) is 18.2 Å². The first-order chi connectivity index (χ1) is 8.15. The van der Waals surface area contributed by atoms with Crippen LogP contribution in [0.2, 0.25) is 0 Å². The fourth-order valence-electron chi connectivity index (χ4n) is 1.59. The van der Waals surface area contributed by atoms with Gasteiger partial charge in [0.1, 0.15) is 17.7 Å². The standard InChI is InChI=1S/C11H12F2N2O2.ClH/c12-7-3-8(13)5-9(4-7)15-11(16)10-6-17-2-1-14-10;/h3-5,10,14H,1-2,6H2,(H,15,16);1H. The van der Waals surface area contributed by atoms with E-state index >= 15 is 0 Å². The quantitative estimate of drug-likeness (QED) is 0.858. The van der Waals surface area contributed by atoms with E-state index in [4.69, 9.17) is 4.74 Å². The molecule has 2 N–H and O–H groups in total. The zero-order chi connectivity index (χ0) is 12.3. The molecule has 1 heterocycles. The first-order valence-corrected chi connectivity index (χ1v) is 5.23. The first-order valence-electron chi connectivity index (χ1n) is 5.23. The van der Waals surface area contributed by atoms with Gasteiger partial charge in [-0.25, -0.2) is 8.78 Å². The molecule has 7 heteroatoms. The Labute approximate surface area is 109 Å². The molecule has 1 aliphatic heterocycles. The number of morpholine rings is 1. The summed E-state index contributed by atoms with van der Waals surface area (Å²) in [5.41, 5.74) is 0.0971. The second-order valence-electron chi connectivity index (χ2n) is 3.73. The number of carbonyl (C=O) groups is 1. The summed E-state index contributed by atoms with van der Waals surface area (Å²) in [5, 5.41) is 5.38.